The molecule has 1 heteroatoms. The Kier molecular flexibility index (Phi) is 9.86. The maximum absolute atomic E-state index is 12.0. The van der Waals surface area contributed by atoms with Gasteiger partial charge in [0.05, 0.1) is 0 Å². The van der Waals surface area contributed by atoms with E-state index in [-0.39, 0.29) is 5.78 Å². The van der Waals surface area contributed by atoms with Crippen LogP contribution in [-0.2, 0) is 6.42 Å². The van der Waals surface area contributed by atoms with Gasteiger partial charge in [-0.15, -0.1) is 0 Å². The molecule has 1 aromatic rings. The zero-order chi connectivity index (χ0) is 16.2. The second-order valence-corrected chi connectivity index (χ2v) is 6.94. The van der Waals surface area contributed by atoms with E-state index in [1.165, 1.54) is 56.9 Å². The van der Waals surface area contributed by atoms with Gasteiger partial charge in [0.25, 0.3) is 0 Å². The van der Waals surface area contributed by atoms with E-state index in [1.807, 2.05) is 12.1 Å². The first-order chi connectivity index (χ1) is 10.6. The van der Waals surface area contributed by atoms with Crippen LogP contribution in [0.5, 0.6) is 0 Å². The lowest BCUT2D eigenvalue weighted by Crippen LogP contribution is -2.03. The summed E-state index contributed by atoms with van der Waals surface area (Å²) in [5, 5.41) is 0. The van der Waals surface area contributed by atoms with Crippen molar-refractivity contribution in [2.45, 2.75) is 85.0 Å². The van der Waals surface area contributed by atoms with Gasteiger partial charge in [-0.3, -0.25) is 4.79 Å². The van der Waals surface area contributed by atoms with E-state index < -0.39 is 0 Å². The fraction of sp³-hybridized carbons (Fsp3) is 0.667. The smallest absolute Gasteiger partial charge is 0.163 e. The first kappa shape index (κ1) is 18.9. The molecule has 22 heavy (non-hydrogen) atoms. The fourth-order valence-corrected chi connectivity index (χ4v) is 2.81. The van der Waals surface area contributed by atoms with E-state index in [4.69, 9.17) is 0 Å². The van der Waals surface area contributed by atoms with Gasteiger partial charge in [0, 0.05) is 12.0 Å². The predicted octanol–water partition coefficient (Wildman–Crippen LogP) is 6.60. The van der Waals surface area contributed by atoms with Crippen molar-refractivity contribution >= 4 is 5.78 Å². The van der Waals surface area contributed by atoms with Gasteiger partial charge in [-0.2, -0.15) is 0 Å². The van der Waals surface area contributed by atoms with Crippen molar-refractivity contribution in [2.75, 3.05) is 0 Å². The number of ketones is 1. The van der Waals surface area contributed by atoms with Crippen molar-refractivity contribution in [2.24, 2.45) is 5.92 Å². The van der Waals surface area contributed by atoms with Crippen LogP contribution in [0.15, 0.2) is 24.3 Å². The Balaban J connectivity index is 2.18. The predicted molar refractivity (Wildman–Crippen MR) is 96.5 cm³/mol. The monoisotopic (exact) mass is 302 g/mol. The molecule has 0 N–H and O–H groups in total. The molecule has 0 amide bonds. The van der Waals surface area contributed by atoms with Crippen LogP contribution in [0.25, 0.3) is 0 Å². The minimum absolute atomic E-state index is 0.272. The summed E-state index contributed by atoms with van der Waals surface area (Å²) in [7, 11) is 0. The molecule has 0 heterocycles. The Morgan fingerprint density at radius 3 is 1.95 bits per heavy atom. The number of Topliss-reactive ketones (excluding diaryl/α,β-unsaturated/α-hetero) is 1. The maximum atomic E-state index is 12.0. The summed E-state index contributed by atoms with van der Waals surface area (Å²) < 4.78 is 0. The number of rotatable bonds is 12. The van der Waals surface area contributed by atoms with E-state index in [1.54, 1.807) is 0 Å². The minimum Gasteiger partial charge on any atom is -0.294 e. The highest BCUT2D eigenvalue weighted by Gasteiger charge is 2.07. The Morgan fingerprint density at radius 1 is 0.864 bits per heavy atom. The molecule has 0 atom stereocenters. The molecule has 0 saturated carbocycles. The number of hydrogen-bond acceptors (Lipinski definition) is 1. The molecule has 1 nitrogen and oxygen atoms in total. The molecule has 0 aliphatic heterocycles. The number of carbonyl (C=O) groups is 1. The summed E-state index contributed by atoms with van der Waals surface area (Å²) in [5.74, 6) is 0.707. The minimum atomic E-state index is 0.272. The third kappa shape index (κ3) is 8.36. The van der Waals surface area contributed by atoms with Gasteiger partial charge in [-0.1, -0.05) is 90.0 Å². The molecular weight excluding hydrogens is 268 g/mol. The molecule has 0 fully saturated rings. The summed E-state index contributed by atoms with van der Waals surface area (Å²) >= 11 is 0. The molecule has 0 aliphatic carbocycles. The average molecular weight is 303 g/mol. The molecule has 0 radical (unpaired) electrons. The summed E-state index contributed by atoms with van der Waals surface area (Å²) in [6.45, 7) is 6.45. The highest BCUT2D eigenvalue weighted by molar-refractivity contribution is 5.96. The van der Waals surface area contributed by atoms with Crippen molar-refractivity contribution in [1.82, 2.24) is 0 Å². The van der Waals surface area contributed by atoms with Crippen molar-refractivity contribution in [3.8, 4) is 0 Å². The molecule has 1 aromatic carbocycles. The van der Waals surface area contributed by atoms with Crippen molar-refractivity contribution in [3.63, 3.8) is 0 Å². The van der Waals surface area contributed by atoms with Gasteiger partial charge >= 0.3 is 0 Å². The lowest BCUT2D eigenvalue weighted by Gasteiger charge is -2.06. The van der Waals surface area contributed by atoms with E-state index in [0.717, 1.165) is 12.0 Å². The SMILES string of the molecule is CCCCCCCCCCc1ccc(C(=O)CC(C)C)cc1. The molecular formula is C21H34O. The summed E-state index contributed by atoms with van der Waals surface area (Å²) in [6.07, 6.45) is 12.7. The van der Waals surface area contributed by atoms with Crippen LogP contribution in [0, 0.1) is 5.92 Å². The van der Waals surface area contributed by atoms with Gasteiger partial charge < -0.3 is 0 Å². The second kappa shape index (κ2) is 11.5. The van der Waals surface area contributed by atoms with Crippen molar-refractivity contribution < 1.29 is 4.79 Å². The van der Waals surface area contributed by atoms with Crippen LogP contribution in [0.1, 0.15) is 94.5 Å². The van der Waals surface area contributed by atoms with Gasteiger partial charge in [0.2, 0.25) is 0 Å². The highest BCUT2D eigenvalue weighted by Crippen LogP contribution is 2.14. The molecule has 0 aliphatic rings. The van der Waals surface area contributed by atoms with Gasteiger partial charge in [-0.05, 0) is 24.3 Å². The molecule has 0 bridgehead atoms. The van der Waals surface area contributed by atoms with Crippen molar-refractivity contribution in [1.29, 1.82) is 0 Å². The normalized spacial score (nSPS) is 11.1. The maximum Gasteiger partial charge on any atom is 0.163 e. The van der Waals surface area contributed by atoms with E-state index in [2.05, 4.69) is 32.9 Å². The molecule has 0 aromatic heterocycles. The Morgan fingerprint density at radius 2 is 1.41 bits per heavy atom. The lowest BCUT2D eigenvalue weighted by atomic mass is 9.99. The zero-order valence-corrected chi connectivity index (χ0v) is 14.9. The molecule has 0 unspecified atom stereocenters. The number of unbranched alkanes of at least 4 members (excludes halogenated alkanes) is 7. The summed E-state index contributed by atoms with van der Waals surface area (Å²) in [5.41, 5.74) is 2.24. The standard InChI is InChI=1S/C21H34O/c1-4-5-6-7-8-9-10-11-12-19-13-15-20(16-14-19)21(22)17-18(2)3/h13-16,18H,4-12,17H2,1-3H3. The first-order valence-corrected chi connectivity index (χ1v) is 9.25. The van der Waals surface area contributed by atoms with E-state index >= 15 is 0 Å². The Hall–Kier alpha value is -1.11. The fourth-order valence-electron chi connectivity index (χ4n) is 2.81. The van der Waals surface area contributed by atoms with E-state index in [9.17, 15) is 4.79 Å². The third-order valence-electron chi connectivity index (χ3n) is 4.19. The van der Waals surface area contributed by atoms with Crippen LogP contribution in [0.3, 0.4) is 0 Å². The van der Waals surface area contributed by atoms with Crippen LogP contribution < -0.4 is 0 Å². The largest absolute Gasteiger partial charge is 0.294 e. The number of benzene rings is 1. The van der Waals surface area contributed by atoms with Crippen LogP contribution in [0.4, 0.5) is 0 Å². The first-order valence-electron chi connectivity index (χ1n) is 9.25. The summed E-state index contributed by atoms with van der Waals surface area (Å²) in [6, 6.07) is 8.28. The number of aryl methyl sites for hydroxylation is 1. The van der Waals surface area contributed by atoms with Crippen molar-refractivity contribution in [3.05, 3.63) is 35.4 Å². The number of carbonyl (C=O) groups excluding carboxylic acids is 1. The highest BCUT2D eigenvalue weighted by atomic mass is 16.1. The van der Waals surface area contributed by atoms with Gasteiger partial charge in [0.1, 0.15) is 0 Å². The second-order valence-electron chi connectivity index (χ2n) is 6.94. The number of hydrogen-bond donors (Lipinski definition) is 0. The topological polar surface area (TPSA) is 17.1 Å². The molecule has 124 valence electrons. The van der Waals surface area contributed by atoms with Gasteiger partial charge in [-0.25, -0.2) is 0 Å². The Bertz CT molecular complexity index is 402. The molecule has 0 spiro atoms. The van der Waals surface area contributed by atoms with Crippen LogP contribution in [-0.4, -0.2) is 5.78 Å². The van der Waals surface area contributed by atoms with Crippen LogP contribution in [0.2, 0.25) is 0 Å². The molecule has 0 saturated heterocycles. The Labute approximate surface area is 137 Å². The van der Waals surface area contributed by atoms with Gasteiger partial charge in [0.15, 0.2) is 5.78 Å². The third-order valence-corrected chi connectivity index (χ3v) is 4.19. The molecule has 1 rings (SSSR count). The van der Waals surface area contributed by atoms with Crippen LogP contribution >= 0.6 is 0 Å². The quantitative estimate of drug-likeness (QED) is 0.314. The van der Waals surface area contributed by atoms with E-state index in [0.29, 0.717) is 12.3 Å². The average Bonchev–Trinajstić information content (AvgIpc) is 2.50. The zero-order valence-electron chi connectivity index (χ0n) is 14.9. The summed E-state index contributed by atoms with van der Waals surface area (Å²) in [4.78, 5) is 12.0. The lowest BCUT2D eigenvalue weighted by molar-refractivity contribution is 0.0968.